The molecule has 0 spiro atoms. The third kappa shape index (κ3) is 4.64. The number of para-hydroxylation sites is 2. The SMILES string of the molecule is O=C(CCN1C(=S)N[C@@H](c2ccccn2)[C@@H]1c1cccn1-c1nc2ccccc2s1)Nc1ccccc1F. The Morgan fingerprint density at radius 1 is 1.05 bits per heavy atom. The number of nitrogens with one attached hydrogen (secondary N) is 2. The first-order valence-corrected chi connectivity index (χ1v) is 13.4. The van der Waals surface area contributed by atoms with Crippen LogP contribution in [0.2, 0.25) is 0 Å². The summed E-state index contributed by atoms with van der Waals surface area (Å²) in [5.41, 5.74) is 2.92. The molecular weight excluding hydrogens is 519 g/mol. The summed E-state index contributed by atoms with van der Waals surface area (Å²) < 4.78 is 17.2. The van der Waals surface area contributed by atoms with Crippen LogP contribution in [-0.4, -0.2) is 37.0 Å². The predicted molar refractivity (Wildman–Crippen MR) is 151 cm³/mol. The number of nitrogens with zero attached hydrogens (tertiary/aromatic N) is 4. The summed E-state index contributed by atoms with van der Waals surface area (Å²) in [7, 11) is 0. The van der Waals surface area contributed by atoms with Crippen molar-refractivity contribution in [3.05, 3.63) is 108 Å². The molecule has 0 unspecified atom stereocenters. The maximum absolute atomic E-state index is 14.1. The molecule has 0 aliphatic carbocycles. The van der Waals surface area contributed by atoms with Gasteiger partial charge in [-0.2, -0.15) is 0 Å². The Balaban J connectivity index is 1.32. The minimum absolute atomic E-state index is 0.128. The highest BCUT2D eigenvalue weighted by molar-refractivity contribution is 7.80. The van der Waals surface area contributed by atoms with Crippen LogP contribution in [0.15, 0.2) is 91.3 Å². The van der Waals surface area contributed by atoms with Gasteiger partial charge in [-0.1, -0.05) is 41.7 Å². The van der Waals surface area contributed by atoms with E-state index in [2.05, 4.69) is 32.3 Å². The van der Waals surface area contributed by atoms with Crippen molar-refractivity contribution in [1.82, 2.24) is 24.8 Å². The number of benzene rings is 2. The predicted octanol–water partition coefficient (Wildman–Crippen LogP) is 5.62. The van der Waals surface area contributed by atoms with Crippen LogP contribution >= 0.6 is 23.6 Å². The first-order chi connectivity index (χ1) is 18.6. The number of amides is 1. The van der Waals surface area contributed by atoms with Gasteiger partial charge in [-0.3, -0.25) is 14.3 Å². The summed E-state index contributed by atoms with van der Waals surface area (Å²) in [4.78, 5) is 24.2. The molecule has 0 saturated carbocycles. The second-order valence-corrected chi connectivity index (χ2v) is 10.3. The molecule has 1 aliphatic rings. The average molecular weight is 543 g/mol. The van der Waals surface area contributed by atoms with E-state index < -0.39 is 5.82 Å². The Kier molecular flexibility index (Phi) is 6.57. The van der Waals surface area contributed by atoms with Crippen LogP contribution in [0, 0.1) is 5.82 Å². The smallest absolute Gasteiger partial charge is 0.226 e. The largest absolute Gasteiger partial charge is 0.352 e. The van der Waals surface area contributed by atoms with E-state index >= 15 is 0 Å². The van der Waals surface area contributed by atoms with Crippen molar-refractivity contribution in [2.24, 2.45) is 0 Å². The van der Waals surface area contributed by atoms with Crippen LogP contribution in [0.3, 0.4) is 0 Å². The molecule has 190 valence electrons. The molecule has 4 heterocycles. The zero-order valence-electron chi connectivity index (χ0n) is 20.1. The maximum atomic E-state index is 14.1. The van der Waals surface area contributed by atoms with E-state index in [-0.39, 0.29) is 30.1 Å². The van der Waals surface area contributed by atoms with Gasteiger partial charge in [-0.25, -0.2) is 9.37 Å². The van der Waals surface area contributed by atoms with Crippen LogP contribution in [0.5, 0.6) is 0 Å². The van der Waals surface area contributed by atoms with Gasteiger partial charge in [0.05, 0.1) is 39.4 Å². The van der Waals surface area contributed by atoms with Gasteiger partial charge in [0, 0.05) is 25.4 Å². The van der Waals surface area contributed by atoms with E-state index in [1.54, 1.807) is 35.7 Å². The van der Waals surface area contributed by atoms with Gasteiger partial charge < -0.3 is 15.5 Å². The number of anilines is 1. The highest BCUT2D eigenvalue weighted by atomic mass is 32.1. The Hall–Kier alpha value is -4.15. The van der Waals surface area contributed by atoms with E-state index in [1.807, 2.05) is 53.6 Å². The minimum Gasteiger partial charge on any atom is -0.352 e. The van der Waals surface area contributed by atoms with E-state index in [0.29, 0.717) is 11.7 Å². The van der Waals surface area contributed by atoms with Crippen LogP contribution < -0.4 is 10.6 Å². The lowest BCUT2D eigenvalue weighted by atomic mass is 10.0. The molecular formula is C28H23FN6OS2. The topological polar surface area (TPSA) is 75.1 Å². The quantitative estimate of drug-likeness (QED) is 0.260. The Bertz CT molecular complexity index is 1580. The lowest BCUT2D eigenvalue weighted by Gasteiger charge is -2.28. The molecule has 5 aromatic rings. The number of hydrogen-bond acceptors (Lipinski definition) is 5. The average Bonchev–Trinajstić information content (AvgIpc) is 3.65. The number of carbonyl (C=O) groups is 1. The normalized spacial score (nSPS) is 17.1. The van der Waals surface area contributed by atoms with Crippen LogP contribution in [-0.2, 0) is 4.79 Å². The number of rotatable bonds is 7. The molecule has 38 heavy (non-hydrogen) atoms. The highest BCUT2D eigenvalue weighted by Crippen LogP contribution is 2.40. The summed E-state index contributed by atoms with van der Waals surface area (Å²) in [5.74, 6) is -0.763. The van der Waals surface area contributed by atoms with Crippen LogP contribution in [0.4, 0.5) is 10.1 Å². The van der Waals surface area contributed by atoms with Crippen LogP contribution in [0.1, 0.15) is 29.9 Å². The third-order valence-corrected chi connectivity index (χ3v) is 7.89. The van der Waals surface area contributed by atoms with Crippen molar-refractivity contribution in [3.63, 3.8) is 0 Å². The minimum atomic E-state index is -0.471. The Labute approximate surface area is 228 Å². The van der Waals surface area contributed by atoms with Crippen molar-refractivity contribution < 1.29 is 9.18 Å². The van der Waals surface area contributed by atoms with E-state index in [0.717, 1.165) is 26.7 Å². The van der Waals surface area contributed by atoms with Gasteiger partial charge in [0.2, 0.25) is 5.91 Å². The van der Waals surface area contributed by atoms with Gasteiger partial charge in [0.1, 0.15) is 5.82 Å². The van der Waals surface area contributed by atoms with Crippen molar-refractivity contribution in [3.8, 4) is 5.13 Å². The van der Waals surface area contributed by atoms with Gasteiger partial charge in [-0.15, -0.1) is 0 Å². The number of pyridine rings is 1. The fourth-order valence-corrected chi connectivity index (χ4v) is 6.04. The van der Waals surface area contributed by atoms with Crippen LogP contribution in [0.25, 0.3) is 15.3 Å². The molecule has 1 fully saturated rings. The number of aromatic nitrogens is 3. The Morgan fingerprint density at radius 3 is 2.68 bits per heavy atom. The van der Waals surface area contributed by atoms with Gasteiger partial charge in [0.25, 0.3) is 0 Å². The molecule has 1 saturated heterocycles. The van der Waals surface area contributed by atoms with E-state index in [4.69, 9.17) is 17.2 Å². The molecule has 10 heteroatoms. The van der Waals surface area contributed by atoms with Gasteiger partial charge in [-0.05, 0) is 60.7 Å². The van der Waals surface area contributed by atoms with Gasteiger partial charge in [0.15, 0.2) is 10.2 Å². The standard InChI is InChI=1S/C28H23FN6OS2/c29-18-8-1-2-9-19(18)31-24(36)14-17-35-26(25(33-27(35)37)21-11-5-6-15-30-21)22-12-7-16-34(22)28-32-20-10-3-4-13-23(20)38-28/h1-13,15-16,25-26H,14,17H2,(H,31,36)(H,33,37)/t25-,26-/m0/s1. The molecule has 2 N–H and O–H groups in total. The van der Waals surface area contributed by atoms with E-state index in [9.17, 15) is 9.18 Å². The lowest BCUT2D eigenvalue weighted by molar-refractivity contribution is -0.116. The maximum Gasteiger partial charge on any atom is 0.226 e. The Morgan fingerprint density at radius 2 is 1.87 bits per heavy atom. The fraction of sp³-hybridized carbons (Fsp3) is 0.143. The molecule has 1 amide bonds. The molecule has 3 aromatic heterocycles. The molecule has 2 atom stereocenters. The number of hydrogen-bond donors (Lipinski definition) is 2. The van der Waals surface area contributed by atoms with Gasteiger partial charge >= 0.3 is 0 Å². The number of thiocarbonyl (C=S) groups is 1. The summed E-state index contributed by atoms with van der Waals surface area (Å²) in [6, 6.07) is 23.5. The number of thiazole rings is 1. The molecule has 7 nitrogen and oxygen atoms in total. The fourth-order valence-electron chi connectivity index (χ4n) is 4.74. The number of fused-ring (bicyclic) bond motifs is 1. The monoisotopic (exact) mass is 542 g/mol. The second kappa shape index (κ2) is 10.3. The molecule has 0 bridgehead atoms. The zero-order chi connectivity index (χ0) is 26.1. The molecule has 2 aromatic carbocycles. The number of halogens is 1. The number of carbonyl (C=O) groups excluding carboxylic acids is 1. The van der Waals surface area contributed by atoms with Crippen molar-refractivity contribution in [2.45, 2.75) is 18.5 Å². The van der Waals surface area contributed by atoms with Crippen molar-refractivity contribution in [1.29, 1.82) is 0 Å². The second-order valence-electron chi connectivity index (χ2n) is 8.87. The van der Waals surface area contributed by atoms with Crippen molar-refractivity contribution >= 4 is 50.5 Å². The highest BCUT2D eigenvalue weighted by Gasteiger charge is 2.41. The summed E-state index contributed by atoms with van der Waals surface area (Å²) >= 11 is 7.37. The summed E-state index contributed by atoms with van der Waals surface area (Å²) in [6.07, 6.45) is 3.88. The zero-order valence-corrected chi connectivity index (χ0v) is 21.8. The lowest BCUT2D eigenvalue weighted by Crippen LogP contribution is -2.33. The summed E-state index contributed by atoms with van der Waals surface area (Å²) in [5, 5.41) is 7.46. The first kappa shape index (κ1) is 24.2. The molecule has 1 aliphatic heterocycles. The molecule has 0 radical (unpaired) electrons. The first-order valence-electron chi connectivity index (χ1n) is 12.1. The van der Waals surface area contributed by atoms with Crippen molar-refractivity contribution in [2.75, 3.05) is 11.9 Å². The summed E-state index contributed by atoms with van der Waals surface area (Å²) in [6.45, 7) is 0.338. The van der Waals surface area contributed by atoms with E-state index in [1.165, 1.54) is 6.07 Å². The third-order valence-electron chi connectivity index (χ3n) is 6.50. The molecule has 6 rings (SSSR count).